The summed E-state index contributed by atoms with van der Waals surface area (Å²) in [7, 11) is 1.74. The summed E-state index contributed by atoms with van der Waals surface area (Å²) in [5.41, 5.74) is -0.00712. The van der Waals surface area contributed by atoms with Gasteiger partial charge in [-0.2, -0.15) is 13.2 Å². The fraction of sp³-hybridized carbons (Fsp3) is 0.444. The fourth-order valence-corrected chi connectivity index (χ4v) is 3.78. The largest absolute Gasteiger partial charge is 0.416 e. The molecular weight excluding hydrogens is 502 g/mol. The van der Waals surface area contributed by atoms with Crippen LogP contribution < -0.4 is 10.2 Å². The first kappa shape index (κ1) is 22.7. The van der Waals surface area contributed by atoms with Crippen molar-refractivity contribution in [2.24, 2.45) is 4.99 Å². The molecule has 0 aliphatic carbocycles. The Morgan fingerprint density at radius 3 is 2.54 bits per heavy atom. The Kier molecular flexibility index (Phi) is 7.93. The lowest BCUT2D eigenvalue weighted by Gasteiger charge is -2.37. The van der Waals surface area contributed by atoms with Crippen molar-refractivity contribution >= 4 is 47.0 Å². The van der Waals surface area contributed by atoms with Gasteiger partial charge in [0.25, 0.3) is 0 Å². The number of aromatic nitrogens is 1. The lowest BCUT2D eigenvalue weighted by molar-refractivity contribution is -0.137. The van der Waals surface area contributed by atoms with Crippen LogP contribution >= 0.6 is 35.3 Å². The number of nitrogens with one attached hydrogen (secondary N) is 1. The summed E-state index contributed by atoms with van der Waals surface area (Å²) < 4.78 is 38.8. The standard InChI is InChI=1S/C18H22F3N5S.HI/c1-13-23-11-16(27-13)12-24-17(22-2)26-8-6-25(7-9-26)15-5-3-4-14(10-15)18(19,20)21;/h3-5,10-11H,6-9,12H2,1-2H3,(H,22,24);1H. The van der Waals surface area contributed by atoms with E-state index in [2.05, 4.69) is 20.2 Å². The summed E-state index contributed by atoms with van der Waals surface area (Å²) in [5.74, 6) is 0.796. The van der Waals surface area contributed by atoms with Crippen LogP contribution in [0.1, 0.15) is 15.4 Å². The number of aliphatic imine (C=N–C) groups is 1. The molecule has 0 spiro atoms. The van der Waals surface area contributed by atoms with Crippen LogP contribution in [0, 0.1) is 6.92 Å². The maximum absolute atomic E-state index is 12.9. The van der Waals surface area contributed by atoms with Gasteiger partial charge < -0.3 is 15.1 Å². The molecule has 3 rings (SSSR count). The lowest BCUT2D eigenvalue weighted by atomic mass is 10.1. The fourth-order valence-electron chi connectivity index (χ4n) is 3.04. The summed E-state index contributed by atoms with van der Waals surface area (Å²) in [5, 5.41) is 4.36. The van der Waals surface area contributed by atoms with Gasteiger partial charge in [0.15, 0.2) is 5.96 Å². The van der Waals surface area contributed by atoms with Crippen LogP contribution in [0.3, 0.4) is 0 Å². The molecule has 1 aliphatic heterocycles. The number of halogens is 4. The van der Waals surface area contributed by atoms with Crippen LogP contribution in [0.2, 0.25) is 0 Å². The molecule has 2 aromatic rings. The molecule has 28 heavy (non-hydrogen) atoms. The zero-order valence-electron chi connectivity index (χ0n) is 15.7. The Labute approximate surface area is 183 Å². The third-order valence-electron chi connectivity index (χ3n) is 4.42. The summed E-state index contributed by atoms with van der Waals surface area (Å²) in [4.78, 5) is 13.8. The first-order chi connectivity index (χ1) is 12.9. The first-order valence-electron chi connectivity index (χ1n) is 8.66. The van der Waals surface area contributed by atoms with Crippen LogP contribution in [0.5, 0.6) is 0 Å². The van der Waals surface area contributed by atoms with E-state index in [1.54, 1.807) is 24.5 Å². The van der Waals surface area contributed by atoms with E-state index in [1.807, 2.05) is 18.0 Å². The number of benzene rings is 1. The third kappa shape index (κ3) is 5.72. The van der Waals surface area contributed by atoms with Crippen molar-refractivity contribution < 1.29 is 13.2 Å². The first-order valence-corrected chi connectivity index (χ1v) is 9.47. The maximum atomic E-state index is 12.9. The van der Waals surface area contributed by atoms with Crippen molar-refractivity contribution in [2.75, 3.05) is 38.1 Å². The molecule has 5 nitrogen and oxygen atoms in total. The van der Waals surface area contributed by atoms with Crippen molar-refractivity contribution in [1.29, 1.82) is 0 Å². The third-order valence-corrected chi connectivity index (χ3v) is 5.33. The number of rotatable bonds is 3. The minimum absolute atomic E-state index is 0. The topological polar surface area (TPSA) is 43.8 Å². The van der Waals surface area contributed by atoms with E-state index in [0.717, 1.165) is 21.9 Å². The van der Waals surface area contributed by atoms with E-state index in [-0.39, 0.29) is 24.0 Å². The summed E-state index contributed by atoms with van der Waals surface area (Å²) in [6, 6.07) is 5.51. The zero-order valence-corrected chi connectivity index (χ0v) is 18.8. The van der Waals surface area contributed by atoms with Crippen LogP contribution in [0.25, 0.3) is 0 Å². The van der Waals surface area contributed by atoms with Crippen molar-refractivity contribution in [3.63, 3.8) is 0 Å². The Morgan fingerprint density at radius 2 is 1.96 bits per heavy atom. The molecule has 1 saturated heterocycles. The van der Waals surface area contributed by atoms with Gasteiger partial charge in [-0.1, -0.05) is 6.07 Å². The van der Waals surface area contributed by atoms with Crippen LogP contribution in [0.15, 0.2) is 35.5 Å². The molecule has 0 amide bonds. The highest BCUT2D eigenvalue weighted by Crippen LogP contribution is 2.31. The molecule has 1 N–H and O–H groups in total. The van der Waals surface area contributed by atoms with Crippen molar-refractivity contribution in [2.45, 2.75) is 19.6 Å². The van der Waals surface area contributed by atoms with E-state index in [9.17, 15) is 13.2 Å². The van der Waals surface area contributed by atoms with Gasteiger partial charge in [0.2, 0.25) is 0 Å². The highest BCUT2D eigenvalue weighted by atomic mass is 127. The predicted octanol–water partition coefficient (Wildman–Crippen LogP) is 3.99. The van der Waals surface area contributed by atoms with Gasteiger partial charge in [0, 0.05) is 50.0 Å². The van der Waals surface area contributed by atoms with Crippen LogP contribution in [-0.4, -0.2) is 49.1 Å². The molecule has 0 radical (unpaired) electrons. The molecule has 154 valence electrons. The van der Waals surface area contributed by atoms with E-state index >= 15 is 0 Å². The average Bonchev–Trinajstić information content (AvgIpc) is 3.07. The normalized spacial score (nSPS) is 15.4. The lowest BCUT2D eigenvalue weighted by Crippen LogP contribution is -2.52. The Bertz CT molecular complexity index is 801. The predicted molar refractivity (Wildman–Crippen MR) is 118 cm³/mol. The molecule has 0 unspecified atom stereocenters. The van der Waals surface area contributed by atoms with Gasteiger partial charge in [0.05, 0.1) is 17.1 Å². The van der Waals surface area contributed by atoms with E-state index in [1.165, 1.54) is 12.1 Å². The molecule has 10 heteroatoms. The summed E-state index contributed by atoms with van der Waals surface area (Å²) in [6.45, 7) is 5.29. The highest BCUT2D eigenvalue weighted by molar-refractivity contribution is 14.0. The van der Waals surface area contributed by atoms with E-state index < -0.39 is 11.7 Å². The minimum Gasteiger partial charge on any atom is -0.368 e. The second-order valence-electron chi connectivity index (χ2n) is 6.27. The second kappa shape index (κ2) is 9.77. The van der Waals surface area contributed by atoms with Gasteiger partial charge in [-0.3, -0.25) is 4.99 Å². The van der Waals surface area contributed by atoms with Gasteiger partial charge in [-0.05, 0) is 25.1 Å². The monoisotopic (exact) mass is 525 g/mol. The smallest absolute Gasteiger partial charge is 0.368 e. The molecule has 2 heterocycles. The van der Waals surface area contributed by atoms with Gasteiger partial charge >= 0.3 is 6.18 Å². The highest BCUT2D eigenvalue weighted by Gasteiger charge is 2.31. The van der Waals surface area contributed by atoms with E-state index in [0.29, 0.717) is 38.4 Å². The number of anilines is 1. The van der Waals surface area contributed by atoms with Crippen molar-refractivity contribution in [3.8, 4) is 0 Å². The second-order valence-corrected chi connectivity index (χ2v) is 7.59. The van der Waals surface area contributed by atoms with Crippen molar-refractivity contribution in [1.82, 2.24) is 15.2 Å². The van der Waals surface area contributed by atoms with Crippen LogP contribution in [-0.2, 0) is 12.7 Å². The molecule has 0 atom stereocenters. The molecule has 1 aromatic carbocycles. The number of hydrogen-bond acceptors (Lipinski definition) is 4. The molecule has 0 bridgehead atoms. The number of piperazine rings is 1. The van der Waals surface area contributed by atoms with Gasteiger partial charge in [0.1, 0.15) is 0 Å². The SMILES string of the molecule is CN=C(NCc1cnc(C)s1)N1CCN(c2cccc(C(F)(F)F)c2)CC1.I. The minimum atomic E-state index is -4.32. The molecule has 0 saturated carbocycles. The Hall–Kier alpha value is -1.56. The maximum Gasteiger partial charge on any atom is 0.416 e. The van der Waals surface area contributed by atoms with Crippen LogP contribution in [0.4, 0.5) is 18.9 Å². The average molecular weight is 525 g/mol. The molecule has 1 aromatic heterocycles. The zero-order chi connectivity index (χ0) is 19.4. The van der Waals surface area contributed by atoms with Crippen molar-refractivity contribution in [3.05, 3.63) is 45.9 Å². The van der Waals surface area contributed by atoms with Gasteiger partial charge in [-0.15, -0.1) is 35.3 Å². The number of guanidine groups is 1. The number of hydrogen-bond donors (Lipinski definition) is 1. The molecule has 1 fully saturated rings. The number of nitrogens with zero attached hydrogens (tertiary/aromatic N) is 4. The number of thiazole rings is 1. The molecular formula is C18H23F3IN5S. The van der Waals surface area contributed by atoms with Gasteiger partial charge in [-0.25, -0.2) is 4.98 Å². The summed E-state index contributed by atoms with van der Waals surface area (Å²) >= 11 is 1.64. The number of aryl methyl sites for hydroxylation is 1. The Balaban J connectivity index is 0.00000280. The Morgan fingerprint density at radius 1 is 1.25 bits per heavy atom. The quantitative estimate of drug-likeness (QED) is 0.374. The molecule has 1 aliphatic rings. The number of alkyl halides is 3. The van der Waals surface area contributed by atoms with E-state index in [4.69, 9.17) is 0 Å². The summed E-state index contributed by atoms with van der Waals surface area (Å²) in [6.07, 6.45) is -2.47.